The van der Waals surface area contributed by atoms with Crippen molar-refractivity contribution in [1.29, 1.82) is 0 Å². The third kappa shape index (κ3) is 2.63. The van der Waals surface area contributed by atoms with Gasteiger partial charge in [0.05, 0.1) is 0 Å². The molecule has 0 aliphatic carbocycles. The molecule has 11 heavy (non-hydrogen) atoms. The van der Waals surface area contributed by atoms with Gasteiger partial charge >= 0.3 is 0 Å². The first kappa shape index (κ1) is 10.7. The van der Waals surface area contributed by atoms with Crippen molar-refractivity contribution < 1.29 is 22.0 Å². The molecule has 0 bridgehead atoms. The quantitative estimate of drug-likeness (QED) is 0.578. The molecule has 67 valence electrons. The molecule has 0 saturated heterocycles. The predicted molar refractivity (Wildman–Crippen MR) is 30.4 cm³/mol. The van der Waals surface area contributed by atoms with E-state index < -0.39 is 24.4 Å². The monoisotopic (exact) mass is 175 g/mol. The molecule has 0 aliphatic heterocycles. The summed E-state index contributed by atoms with van der Waals surface area (Å²) in [5, 5.41) is 0. The zero-order valence-electron chi connectivity index (χ0n) is 5.88. The van der Waals surface area contributed by atoms with Crippen LogP contribution in [-0.4, -0.2) is 18.0 Å². The summed E-state index contributed by atoms with van der Waals surface area (Å²) in [5.41, 5.74) is 0. The summed E-state index contributed by atoms with van der Waals surface area (Å²) >= 11 is 0. The summed E-state index contributed by atoms with van der Waals surface area (Å²) < 4.78 is 60.2. The molecule has 0 fully saturated rings. The van der Waals surface area contributed by atoms with Crippen LogP contribution in [0.3, 0.4) is 0 Å². The van der Waals surface area contributed by atoms with Crippen LogP contribution >= 0.6 is 0 Å². The number of hydrogen-bond acceptors (Lipinski definition) is 0. The molecule has 0 N–H and O–H groups in total. The lowest BCUT2D eigenvalue weighted by Crippen LogP contribution is -2.41. The first-order valence-electron chi connectivity index (χ1n) is 2.91. The minimum Gasteiger partial charge on any atom is -0.234 e. The largest absolute Gasteiger partial charge is 0.284 e. The Labute approximate surface area is 61.4 Å². The maximum atomic E-state index is 12.1. The molecule has 0 saturated carbocycles. The van der Waals surface area contributed by atoms with E-state index in [-0.39, 0.29) is 6.92 Å². The van der Waals surface area contributed by atoms with Crippen LogP contribution in [0, 0.1) is 6.92 Å². The van der Waals surface area contributed by atoms with Gasteiger partial charge < -0.3 is 0 Å². The molecule has 0 aromatic heterocycles. The predicted octanol–water partition coefficient (Wildman–Crippen LogP) is 2.84. The van der Waals surface area contributed by atoms with Gasteiger partial charge in [-0.15, -0.1) is 0 Å². The normalized spacial score (nSPS) is 16.6. The van der Waals surface area contributed by atoms with Gasteiger partial charge in [-0.3, -0.25) is 0 Å². The zero-order chi connectivity index (χ0) is 9.28. The van der Waals surface area contributed by atoms with Crippen LogP contribution < -0.4 is 0 Å². The van der Waals surface area contributed by atoms with Crippen molar-refractivity contribution in [2.24, 2.45) is 0 Å². The molecule has 0 amide bonds. The first-order chi connectivity index (χ1) is 4.72. The number of halogens is 5. The fourth-order valence-corrected chi connectivity index (χ4v) is 0.498. The second kappa shape index (κ2) is 2.95. The molecule has 0 spiro atoms. The average molecular weight is 175 g/mol. The minimum absolute atomic E-state index is 0.112. The molecular weight excluding hydrogens is 167 g/mol. The zero-order valence-corrected chi connectivity index (χ0v) is 5.88. The third-order valence-corrected chi connectivity index (χ3v) is 1.15. The summed E-state index contributed by atoms with van der Waals surface area (Å²) in [4.78, 5) is 0. The Bertz CT molecular complexity index is 125. The van der Waals surface area contributed by atoms with E-state index in [1.54, 1.807) is 0 Å². The van der Waals surface area contributed by atoms with Gasteiger partial charge in [0.2, 0.25) is 6.17 Å². The second-order valence-corrected chi connectivity index (χ2v) is 2.33. The highest BCUT2D eigenvalue weighted by Gasteiger charge is 2.51. The first-order valence-corrected chi connectivity index (χ1v) is 2.91. The SMILES string of the molecule is [CH2]CC(F)(F)[C@@H](F)C(C)(F)F. The van der Waals surface area contributed by atoms with Crippen molar-refractivity contribution in [3.8, 4) is 0 Å². The Morgan fingerprint density at radius 2 is 1.64 bits per heavy atom. The van der Waals surface area contributed by atoms with Crippen molar-refractivity contribution >= 4 is 0 Å². The Kier molecular flexibility index (Phi) is 2.85. The Morgan fingerprint density at radius 3 is 1.73 bits per heavy atom. The average Bonchev–Trinajstić information content (AvgIpc) is 1.84. The van der Waals surface area contributed by atoms with Crippen LogP contribution in [0.25, 0.3) is 0 Å². The van der Waals surface area contributed by atoms with Gasteiger partial charge in [0.1, 0.15) is 0 Å². The van der Waals surface area contributed by atoms with Gasteiger partial charge in [-0.05, 0) is 6.92 Å². The third-order valence-electron chi connectivity index (χ3n) is 1.15. The fraction of sp³-hybridized carbons (Fsp3) is 0.833. The van der Waals surface area contributed by atoms with Gasteiger partial charge in [0.15, 0.2) is 0 Å². The highest BCUT2D eigenvalue weighted by Crippen LogP contribution is 2.35. The van der Waals surface area contributed by atoms with E-state index in [0.29, 0.717) is 0 Å². The Hall–Kier alpha value is -0.350. The molecule has 1 atom stereocenters. The van der Waals surface area contributed by atoms with Crippen LogP contribution in [0.2, 0.25) is 0 Å². The maximum absolute atomic E-state index is 12.1. The second-order valence-electron chi connectivity index (χ2n) is 2.33. The van der Waals surface area contributed by atoms with E-state index in [9.17, 15) is 22.0 Å². The minimum atomic E-state index is -4.04. The highest BCUT2D eigenvalue weighted by molar-refractivity contribution is 4.86. The van der Waals surface area contributed by atoms with Gasteiger partial charge in [0, 0.05) is 13.3 Å². The molecule has 0 aliphatic rings. The summed E-state index contributed by atoms with van der Waals surface area (Å²) in [6.45, 7) is 2.78. The van der Waals surface area contributed by atoms with Crippen molar-refractivity contribution in [3.05, 3.63) is 6.92 Å². The Balaban J connectivity index is 4.35. The van der Waals surface area contributed by atoms with E-state index in [1.165, 1.54) is 0 Å². The number of alkyl halides is 5. The lowest BCUT2D eigenvalue weighted by molar-refractivity contribution is -0.170. The van der Waals surface area contributed by atoms with Crippen LogP contribution in [0.4, 0.5) is 22.0 Å². The maximum Gasteiger partial charge on any atom is 0.284 e. The molecule has 0 aromatic carbocycles. The van der Waals surface area contributed by atoms with Gasteiger partial charge in [-0.2, -0.15) is 0 Å². The molecule has 0 unspecified atom stereocenters. The molecular formula is C6H8F5. The van der Waals surface area contributed by atoms with E-state index >= 15 is 0 Å². The van der Waals surface area contributed by atoms with Crippen molar-refractivity contribution in [2.45, 2.75) is 31.4 Å². The van der Waals surface area contributed by atoms with Crippen LogP contribution in [0.5, 0.6) is 0 Å². The number of hydrogen-bond donors (Lipinski definition) is 0. The van der Waals surface area contributed by atoms with E-state index in [2.05, 4.69) is 6.92 Å². The molecule has 0 aromatic rings. The molecule has 0 heterocycles. The molecule has 5 heteroatoms. The molecule has 1 radical (unpaired) electrons. The Morgan fingerprint density at radius 1 is 1.27 bits per heavy atom. The van der Waals surface area contributed by atoms with E-state index in [1.807, 2.05) is 0 Å². The smallest absolute Gasteiger partial charge is 0.234 e. The van der Waals surface area contributed by atoms with Gasteiger partial charge in [-0.1, -0.05) is 0 Å². The molecule has 0 rings (SSSR count). The summed E-state index contributed by atoms with van der Waals surface area (Å²) in [6, 6.07) is 0. The van der Waals surface area contributed by atoms with Crippen molar-refractivity contribution in [3.63, 3.8) is 0 Å². The number of rotatable bonds is 3. The fourth-order valence-electron chi connectivity index (χ4n) is 0.498. The van der Waals surface area contributed by atoms with Crippen LogP contribution in [0.15, 0.2) is 0 Å². The topological polar surface area (TPSA) is 0 Å². The van der Waals surface area contributed by atoms with Crippen LogP contribution in [0.1, 0.15) is 13.3 Å². The molecule has 0 nitrogen and oxygen atoms in total. The lowest BCUT2D eigenvalue weighted by atomic mass is 10.1. The van der Waals surface area contributed by atoms with Crippen molar-refractivity contribution in [1.82, 2.24) is 0 Å². The van der Waals surface area contributed by atoms with E-state index in [4.69, 9.17) is 0 Å². The van der Waals surface area contributed by atoms with Crippen LogP contribution in [-0.2, 0) is 0 Å². The summed E-state index contributed by atoms with van der Waals surface area (Å²) in [6.07, 6.45) is -4.62. The standard InChI is InChI=1S/C6H8F5/c1-3-6(10,11)4(7)5(2,8)9/h4H,1,3H2,2H3/t4-/m0/s1. The van der Waals surface area contributed by atoms with E-state index in [0.717, 1.165) is 0 Å². The van der Waals surface area contributed by atoms with Gasteiger partial charge in [0.25, 0.3) is 11.8 Å². The lowest BCUT2D eigenvalue weighted by Gasteiger charge is -2.23. The highest BCUT2D eigenvalue weighted by atomic mass is 19.3. The summed E-state index contributed by atoms with van der Waals surface area (Å²) in [7, 11) is 0. The van der Waals surface area contributed by atoms with Gasteiger partial charge in [-0.25, -0.2) is 22.0 Å². The summed E-state index contributed by atoms with van der Waals surface area (Å²) in [5.74, 6) is -8.06. The van der Waals surface area contributed by atoms with Crippen molar-refractivity contribution in [2.75, 3.05) is 0 Å².